The van der Waals surface area contributed by atoms with E-state index in [0.29, 0.717) is 16.2 Å². The summed E-state index contributed by atoms with van der Waals surface area (Å²) in [6.45, 7) is 0. The Kier molecular flexibility index (Phi) is 5.11. The van der Waals surface area contributed by atoms with Gasteiger partial charge >= 0.3 is 5.97 Å². The molecule has 0 bridgehead atoms. The molecule has 1 atom stereocenters. The number of aliphatic carboxylic acids is 1. The van der Waals surface area contributed by atoms with Crippen LogP contribution < -0.4 is 4.90 Å². The predicted molar refractivity (Wildman–Crippen MR) is 99.9 cm³/mol. The quantitative estimate of drug-likeness (QED) is 0.616. The average molecular weight is 498 g/mol. The van der Waals surface area contributed by atoms with E-state index in [0.717, 1.165) is 17.1 Å². The van der Waals surface area contributed by atoms with Gasteiger partial charge in [0, 0.05) is 18.6 Å². The molecule has 138 valence electrons. The lowest BCUT2D eigenvalue weighted by Gasteiger charge is -2.23. The molecule has 4 amide bonds. The van der Waals surface area contributed by atoms with Gasteiger partial charge in [-0.3, -0.25) is 24.1 Å². The summed E-state index contributed by atoms with van der Waals surface area (Å²) in [5.74, 6) is -3.74. The second-order valence-electron chi connectivity index (χ2n) is 5.70. The van der Waals surface area contributed by atoms with E-state index in [1.807, 2.05) is 0 Å². The van der Waals surface area contributed by atoms with Gasteiger partial charge in [-0.15, -0.1) is 0 Å². The van der Waals surface area contributed by atoms with Gasteiger partial charge in [-0.25, -0.2) is 9.69 Å². The van der Waals surface area contributed by atoms with Crippen molar-refractivity contribution in [2.45, 2.75) is 12.5 Å². The molecule has 0 spiro atoms. The van der Waals surface area contributed by atoms with Crippen LogP contribution in [-0.2, 0) is 30.4 Å². The molecule has 0 unspecified atom stereocenters. The monoisotopic (exact) mass is 496 g/mol. The lowest BCUT2D eigenvalue weighted by molar-refractivity contribution is -0.153. The van der Waals surface area contributed by atoms with Gasteiger partial charge in [0.15, 0.2) is 0 Å². The summed E-state index contributed by atoms with van der Waals surface area (Å²) >= 11 is 5.93. The summed E-state index contributed by atoms with van der Waals surface area (Å²) in [5.41, 5.74) is 0.838. The maximum absolute atomic E-state index is 12.0. The van der Waals surface area contributed by atoms with Crippen molar-refractivity contribution >= 4 is 67.1 Å². The number of imide groups is 2. The van der Waals surface area contributed by atoms with Crippen molar-refractivity contribution in [2.24, 2.45) is 0 Å². The molecule has 10 heteroatoms. The number of benzene rings is 1. The van der Waals surface area contributed by atoms with Crippen LogP contribution in [0.4, 0.5) is 5.69 Å². The minimum Gasteiger partial charge on any atom is -0.480 e. The highest BCUT2D eigenvalue weighted by Gasteiger charge is 2.39. The first-order valence-corrected chi connectivity index (χ1v) is 9.11. The summed E-state index contributed by atoms with van der Waals surface area (Å²) < 4.78 is 0.143. The average Bonchev–Trinajstić information content (AvgIpc) is 3.00. The van der Waals surface area contributed by atoms with Gasteiger partial charge < -0.3 is 5.11 Å². The molecule has 2 heterocycles. The molecule has 1 aromatic rings. The topological polar surface area (TPSA) is 112 Å². The Morgan fingerprint density at radius 1 is 0.926 bits per heavy atom. The summed E-state index contributed by atoms with van der Waals surface area (Å²) in [7, 11) is 0. The lowest BCUT2D eigenvalue weighted by atomic mass is 10.0. The van der Waals surface area contributed by atoms with E-state index in [9.17, 15) is 29.1 Å². The van der Waals surface area contributed by atoms with Crippen molar-refractivity contribution in [1.82, 2.24) is 4.90 Å². The zero-order valence-corrected chi connectivity index (χ0v) is 16.6. The standard InChI is InChI=1S/C17H10Br2N2O6/c18-10-6-13(22)20(15(10)24)9-3-1-8(2-4-9)5-12(17(26)27)21-14(23)7-11(19)16(21)25/h1-4,6-7,12H,5H2,(H,26,27)/t12-/m0/s1. The van der Waals surface area contributed by atoms with Gasteiger partial charge in [0.05, 0.1) is 14.7 Å². The highest BCUT2D eigenvalue weighted by molar-refractivity contribution is 9.12. The molecule has 0 radical (unpaired) electrons. The van der Waals surface area contributed by atoms with Gasteiger partial charge in [-0.05, 0) is 49.6 Å². The molecule has 1 aromatic carbocycles. The molecule has 0 aromatic heterocycles. The first-order chi connectivity index (χ1) is 12.7. The van der Waals surface area contributed by atoms with Crippen molar-refractivity contribution < 1.29 is 29.1 Å². The second kappa shape index (κ2) is 7.20. The number of nitrogens with zero attached hydrogens (tertiary/aromatic N) is 2. The minimum atomic E-state index is -1.38. The van der Waals surface area contributed by atoms with E-state index >= 15 is 0 Å². The Morgan fingerprint density at radius 3 is 1.93 bits per heavy atom. The van der Waals surface area contributed by atoms with Gasteiger partial charge in [0.1, 0.15) is 6.04 Å². The van der Waals surface area contributed by atoms with Gasteiger partial charge in [-0.1, -0.05) is 12.1 Å². The molecule has 1 N–H and O–H groups in total. The van der Waals surface area contributed by atoms with Crippen molar-refractivity contribution in [3.8, 4) is 0 Å². The van der Waals surface area contributed by atoms with Crippen LogP contribution in [0.1, 0.15) is 5.56 Å². The van der Waals surface area contributed by atoms with E-state index in [2.05, 4.69) is 31.9 Å². The molecule has 0 saturated heterocycles. The van der Waals surface area contributed by atoms with Gasteiger partial charge in [-0.2, -0.15) is 0 Å². The summed E-state index contributed by atoms with van der Waals surface area (Å²) in [6.07, 6.45) is 2.06. The van der Waals surface area contributed by atoms with Crippen LogP contribution in [0.5, 0.6) is 0 Å². The number of rotatable bonds is 5. The maximum Gasteiger partial charge on any atom is 0.327 e. The molecular weight excluding hydrogens is 488 g/mol. The van der Waals surface area contributed by atoms with Crippen LogP contribution in [0.25, 0.3) is 0 Å². The van der Waals surface area contributed by atoms with E-state index in [-0.39, 0.29) is 15.4 Å². The fourth-order valence-electron chi connectivity index (χ4n) is 2.73. The van der Waals surface area contributed by atoms with Crippen molar-refractivity contribution in [2.75, 3.05) is 4.90 Å². The third kappa shape index (κ3) is 3.50. The summed E-state index contributed by atoms with van der Waals surface area (Å²) in [6, 6.07) is 4.67. The molecule has 2 aliphatic heterocycles. The van der Waals surface area contributed by atoms with Gasteiger partial charge in [0.25, 0.3) is 23.6 Å². The van der Waals surface area contributed by atoms with Crippen molar-refractivity contribution in [3.05, 3.63) is 50.9 Å². The third-order valence-corrected chi connectivity index (χ3v) is 5.15. The first-order valence-electron chi connectivity index (χ1n) is 7.52. The van der Waals surface area contributed by atoms with Crippen LogP contribution >= 0.6 is 31.9 Å². The van der Waals surface area contributed by atoms with Crippen LogP contribution in [0.3, 0.4) is 0 Å². The van der Waals surface area contributed by atoms with Crippen LogP contribution in [0, 0.1) is 0 Å². The van der Waals surface area contributed by atoms with Gasteiger partial charge in [0.2, 0.25) is 0 Å². The molecule has 0 aliphatic carbocycles. The van der Waals surface area contributed by atoms with Crippen molar-refractivity contribution in [1.29, 1.82) is 0 Å². The number of carboxylic acid groups (broad SMARTS) is 1. The van der Waals surface area contributed by atoms with Crippen LogP contribution in [-0.4, -0.2) is 45.6 Å². The molecule has 2 aliphatic rings. The lowest BCUT2D eigenvalue weighted by Crippen LogP contribution is -2.46. The Bertz CT molecular complexity index is 951. The summed E-state index contributed by atoms with van der Waals surface area (Å²) in [4.78, 5) is 61.0. The van der Waals surface area contributed by atoms with Crippen LogP contribution in [0.2, 0.25) is 0 Å². The zero-order chi connectivity index (χ0) is 19.9. The SMILES string of the molecule is O=C(O)[C@H](Cc1ccc(N2C(=O)C=C(Br)C2=O)cc1)N1C(=O)C=C(Br)C1=O. The molecule has 3 rings (SSSR count). The number of hydrogen-bond donors (Lipinski definition) is 1. The minimum absolute atomic E-state index is 0.00164. The number of halogens is 2. The molecule has 8 nitrogen and oxygen atoms in total. The number of carbonyl (C=O) groups is 5. The Hall–Kier alpha value is -2.59. The highest BCUT2D eigenvalue weighted by atomic mass is 79.9. The third-order valence-electron chi connectivity index (χ3n) is 4.01. The fraction of sp³-hybridized carbons (Fsp3) is 0.118. The normalized spacial score (nSPS) is 18.1. The predicted octanol–water partition coefficient (Wildman–Crippen LogP) is 1.48. The number of hydrogen-bond acceptors (Lipinski definition) is 5. The highest BCUT2D eigenvalue weighted by Crippen LogP contribution is 2.27. The van der Waals surface area contributed by atoms with E-state index in [1.54, 1.807) is 0 Å². The molecular formula is C17H10Br2N2O6. The van der Waals surface area contributed by atoms with E-state index < -0.39 is 35.6 Å². The number of anilines is 1. The zero-order valence-electron chi connectivity index (χ0n) is 13.4. The maximum atomic E-state index is 12.0. The Morgan fingerprint density at radius 2 is 1.48 bits per heavy atom. The van der Waals surface area contributed by atoms with E-state index in [4.69, 9.17) is 0 Å². The molecule has 0 saturated carbocycles. The second-order valence-corrected chi connectivity index (χ2v) is 7.41. The first kappa shape index (κ1) is 19.2. The number of carbonyl (C=O) groups excluding carboxylic acids is 4. The summed E-state index contributed by atoms with van der Waals surface area (Å²) in [5, 5.41) is 9.45. The molecule has 0 fully saturated rings. The number of amides is 4. The van der Waals surface area contributed by atoms with Crippen molar-refractivity contribution in [3.63, 3.8) is 0 Å². The molecule has 27 heavy (non-hydrogen) atoms. The Balaban J connectivity index is 1.80. The smallest absolute Gasteiger partial charge is 0.327 e. The number of carboxylic acids is 1. The largest absolute Gasteiger partial charge is 0.480 e. The van der Waals surface area contributed by atoms with E-state index in [1.165, 1.54) is 24.3 Å². The Labute approximate surface area is 169 Å². The fourth-order valence-corrected chi connectivity index (χ4v) is 3.49. The van der Waals surface area contributed by atoms with Crippen LogP contribution in [0.15, 0.2) is 45.4 Å².